The number of nitriles is 1. The fourth-order valence-corrected chi connectivity index (χ4v) is 3.41. The minimum absolute atomic E-state index is 0.0191. The van der Waals surface area contributed by atoms with Gasteiger partial charge < -0.3 is 10.1 Å². The Labute approximate surface area is 172 Å². The van der Waals surface area contributed by atoms with Gasteiger partial charge in [-0.1, -0.05) is 42.0 Å². The predicted molar refractivity (Wildman–Crippen MR) is 111 cm³/mol. The van der Waals surface area contributed by atoms with E-state index in [2.05, 4.69) is 10.3 Å². The van der Waals surface area contributed by atoms with E-state index in [0.717, 1.165) is 10.6 Å². The van der Waals surface area contributed by atoms with Gasteiger partial charge in [-0.2, -0.15) is 5.26 Å². The molecule has 2 aromatic carbocycles. The summed E-state index contributed by atoms with van der Waals surface area (Å²) in [4.78, 5) is 29.0. The number of rotatable bonds is 6. The van der Waals surface area contributed by atoms with Gasteiger partial charge in [0.25, 0.3) is 5.91 Å². The maximum Gasteiger partial charge on any atom is 0.312 e. The van der Waals surface area contributed by atoms with Crippen molar-refractivity contribution in [2.75, 3.05) is 5.32 Å². The summed E-state index contributed by atoms with van der Waals surface area (Å²) in [5.41, 5.74) is 3.47. The molecule has 1 N–H and O–H groups in total. The van der Waals surface area contributed by atoms with Gasteiger partial charge in [-0.25, -0.2) is 4.98 Å². The molecule has 0 fully saturated rings. The van der Waals surface area contributed by atoms with E-state index in [0.29, 0.717) is 16.9 Å². The first-order valence-corrected chi connectivity index (χ1v) is 9.85. The number of benzene rings is 2. The second kappa shape index (κ2) is 9.13. The van der Waals surface area contributed by atoms with Gasteiger partial charge in [0.05, 0.1) is 23.4 Å². The van der Waals surface area contributed by atoms with Gasteiger partial charge in [0.2, 0.25) is 0 Å². The number of hydrogen-bond acceptors (Lipinski definition) is 6. The van der Waals surface area contributed by atoms with Crippen molar-refractivity contribution in [1.82, 2.24) is 4.98 Å². The summed E-state index contributed by atoms with van der Waals surface area (Å²) in [6, 6.07) is 16.6. The molecule has 0 aliphatic carbocycles. The molecule has 0 bridgehead atoms. The van der Waals surface area contributed by atoms with Gasteiger partial charge in [0, 0.05) is 10.9 Å². The smallest absolute Gasteiger partial charge is 0.312 e. The number of para-hydroxylation sites is 1. The third-order valence-corrected chi connectivity index (χ3v) is 5.10. The Balaban J connectivity index is 1.57. The molecule has 6 nitrogen and oxygen atoms in total. The standard InChI is InChI=1S/C22H19N3O3S/c1-14-7-9-16(10-8-14)22-24-18(13-29-22)11-20(26)28-15(2)21(27)25-19-6-4-3-5-17(19)12-23/h3-10,13,15H,11H2,1-2H3,(H,25,27)/t15-/m1/s1. The fraction of sp³-hybridized carbons (Fsp3) is 0.182. The highest BCUT2D eigenvalue weighted by atomic mass is 32.1. The lowest BCUT2D eigenvalue weighted by Crippen LogP contribution is -2.30. The molecule has 146 valence electrons. The minimum atomic E-state index is -0.996. The van der Waals surface area contributed by atoms with E-state index >= 15 is 0 Å². The average molecular weight is 405 g/mol. The Hall–Kier alpha value is -3.50. The summed E-state index contributed by atoms with van der Waals surface area (Å²) in [5, 5.41) is 14.3. The Bertz CT molecular complexity index is 1070. The molecule has 0 aliphatic rings. The lowest BCUT2D eigenvalue weighted by atomic mass is 10.2. The number of nitrogens with one attached hydrogen (secondary N) is 1. The van der Waals surface area contributed by atoms with Gasteiger partial charge in [-0.05, 0) is 26.0 Å². The van der Waals surface area contributed by atoms with Crippen molar-refractivity contribution in [1.29, 1.82) is 5.26 Å². The Morgan fingerprint density at radius 3 is 2.66 bits per heavy atom. The van der Waals surface area contributed by atoms with Crippen LogP contribution in [-0.2, 0) is 20.7 Å². The summed E-state index contributed by atoms with van der Waals surface area (Å²) in [7, 11) is 0. The molecular formula is C22H19N3O3S. The number of amides is 1. The molecule has 0 radical (unpaired) electrons. The first kappa shape index (κ1) is 20.2. The van der Waals surface area contributed by atoms with E-state index in [-0.39, 0.29) is 6.42 Å². The molecule has 29 heavy (non-hydrogen) atoms. The van der Waals surface area contributed by atoms with E-state index in [1.54, 1.807) is 24.3 Å². The van der Waals surface area contributed by atoms with Crippen LogP contribution < -0.4 is 5.32 Å². The molecule has 1 aromatic heterocycles. The highest BCUT2D eigenvalue weighted by molar-refractivity contribution is 7.13. The van der Waals surface area contributed by atoms with Crippen LogP contribution >= 0.6 is 11.3 Å². The normalized spacial score (nSPS) is 11.3. The number of carbonyl (C=O) groups excluding carboxylic acids is 2. The van der Waals surface area contributed by atoms with Crippen LogP contribution in [0.15, 0.2) is 53.9 Å². The molecule has 0 aliphatic heterocycles. The quantitative estimate of drug-likeness (QED) is 0.623. The SMILES string of the molecule is Cc1ccc(-c2nc(CC(=O)O[C@H](C)C(=O)Nc3ccccc3C#N)cs2)cc1. The van der Waals surface area contributed by atoms with Gasteiger partial charge in [0.15, 0.2) is 6.10 Å². The summed E-state index contributed by atoms with van der Waals surface area (Å²) >= 11 is 1.45. The van der Waals surface area contributed by atoms with E-state index in [1.165, 1.54) is 23.8 Å². The number of anilines is 1. The number of aryl methyl sites for hydroxylation is 1. The molecule has 3 rings (SSSR count). The van der Waals surface area contributed by atoms with Crippen molar-refractivity contribution in [3.8, 4) is 16.6 Å². The summed E-state index contributed by atoms with van der Waals surface area (Å²) in [5.74, 6) is -1.04. The molecule has 0 spiro atoms. The molecule has 1 heterocycles. The first-order valence-electron chi connectivity index (χ1n) is 8.97. The van der Waals surface area contributed by atoms with Crippen LogP contribution in [0.4, 0.5) is 5.69 Å². The third kappa shape index (κ3) is 5.27. The number of thiazole rings is 1. The summed E-state index contributed by atoms with van der Waals surface area (Å²) in [6.45, 7) is 3.50. The van der Waals surface area contributed by atoms with E-state index in [9.17, 15) is 9.59 Å². The molecule has 0 saturated carbocycles. The van der Waals surface area contributed by atoms with Gasteiger partial charge >= 0.3 is 5.97 Å². The number of nitrogens with zero attached hydrogens (tertiary/aromatic N) is 2. The number of ether oxygens (including phenoxy) is 1. The Kier molecular flexibility index (Phi) is 6.37. The van der Waals surface area contributed by atoms with Crippen LogP contribution in [0.5, 0.6) is 0 Å². The van der Waals surface area contributed by atoms with Crippen molar-refractivity contribution in [2.45, 2.75) is 26.4 Å². The number of esters is 1. The number of carbonyl (C=O) groups is 2. The maximum atomic E-state index is 12.3. The second-order valence-electron chi connectivity index (χ2n) is 6.47. The molecule has 3 aromatic rings. The molecule has 1 atom stereocenters. The maximum absolute atomic E-state index is 12.3. The largest absolute Gasteiger partial charge is 0.452 e. The monoisotopic (exact) mass is 405 g/mol. The van der Waals surface area contributed by atoms with E-state index in [1.807, 2.05) is 42.6 Å². The van der Waals surface area contributed by atoms with Crippen LogP contribution in [0, 0.1) is 18.3 Å². The molecule has 1 amide bonds. The number of hydrogen-bond donors (Lipinski definition) is 1. The van der Waals surface area contributed by atoms with Crippen molar-refractivity contribution in [3.05, 3.63) is 70.7 Å². The van der Waals surface area contributed by atoms with Crippen molar-refractivity contribution in [2.24, 2.45) is 0 Å². The van der Waals surface area contributed by atoms with Gasteiger partial charge in [0.1, 0.15) is 11.1 Å². The zero-order valence-electron chi connectivity index (χ0n) is 16.0. The Morgan fingerprint density at radius 2 is 1.93 bits per heavy atom. The lowest BCUT2D eigenvalue weighted by molar-refractivity contribution is -0.152. The van der Waals surface area contributed by atoms with Gasteiger partial charge in [-0.15, -0.1) is 11.3 Å². The lowest BCUT2D eigenvalue weighted by Gasteiger charge is -2.13. The van der Waals surface area contributed by atoms with E-state index < -0.39 is 18.0 Å². The predicted octanol–water partition coefficient (Wildman–Crippen LogP) is 4.10. The van der Waals surface area contributed by atoms with Crippen molar-refractivity contribution in [3.63, 3.8) is 0 Å². The zero-order chi connectivity index (χ0) is 20.8. The van der Waals surface area contributed by atoms with Crippen LogP contribution in [0.3, 0.4) is 0 Å². The molecule has 0 unspecified atom stereocenters. The first-order chi connectivity index (χ1) is 14.0. The van der Waals surface area contributed by atoms with Crippen LogP contribution in [-0.4, -0.2) is 23.0 Å². The fourth-order valence-electron chi connectivity index (χ4n) is 2.58. The van der Waals surface area contributed by atoms with Crippen LogP contribution in [0.25, 0.3) is 10.6 Å². The van der Waals surface area contributed by atoms with Crippen LogP contribution in [0.1, 0.15) is 23.7 Å². The Morgan fingerprint density at radius 1 is 1.21 bits per heavy atom. The second-order valence-corrected chi connectivity index (χ2v) is 7.32. The molecular weight excluding hydrogens is 386 g/mol. The summed E-state index contributed by atoms with van der Waals surface area (Å²) < 4.78 is 5.22. The van der Waals surface area contributed by atoms with Gasteiger partial charge in [-0.3, -0.25) is 9.59 Å². The highest BCUT2D eigenvalue weighted by Crippen LogP contribution is 2.24. The van der Waals surface area contributed by atoms with Crippen molar-refractivity contribution < 1.29 is 14.3 Å². The number of aromatic nitrogens is 1. The average Bonchev–Trinajstić information content (AvgIpc) is 3.17. The summed E-state index contributed by atoms with van der Waals surface area (Å²) in [6.07, 6.45) is -1.01. The molecule has 0 saturated heterocycles. The van der Waals surface area contributed by atoms with Crippen LogP contribution in [0.2, 0.25) is 0 Å². The molecule has 7 heteroatoms. The minimum Gasteiger partial charge on any atom is -0.452 e. The van der Waals surface area contributed by atoms with Crippen molar-refractivity contribution >= 4 is 28.9 Å². The zero-order valence-corrected chi connectivity index (χ0v) is 16.8. The third-order valence-electron chi connectivity index (χ3n) is 4.16. The van der Waals surface area contributed by atoms with E-state index in [4.69, 9.17) is 10.00 Å². The highest BCUT2D eigenvalue weighted by Gasteiger charge is 2.20. The topological polar surface area (TPSA) is 92.1 Å².